The Balaban J connectivity index is 2.40. The van der Waals surface area contributed by atoms with Crippen molar-refractivity contribution in [2.45, 2.75) is 5.28 Å². The van der Waals surface area contributed by atoms with Crippen LogP contribution in [0.2, 0.25) is 5.28 Å². The lowest BCUT2D eigenvalue weighted by atomic mass is 10.8. The minimum absolute atomic E-state index is 0.232. The van der Waals surface area contributed by atoms with Crippen molar-refractivity contribution in [1.82, 2.24) is 0 Å². The van der Waals surface area contributed by atoms with Gasteiger partial charge in [-0.3, -0.25) is 10.0 Å². The van der Waals surface area contributed by atoms with Gasteiger partial charge in [-0.15, -0.1) is 12.7 Å². The molecule has 28 valence electrons. The van der Waals surface area contributed by atoms with Gasteiger partial charge >= 0.3 is 14.3 Å². The highest BCUT2D eigenvalue weighted by atomic mass is 35.6. The van der Waals surface area contributed by atoms with Gasteiger partial charge in [-0.25, -0.2) is 0 Å². The van der Waals surface area contributed by atoms with E-state index in [1.165, 1.54) is 0 Å². The van der Waals surface area contributed by atoms with Crippen molar-refractivity contribution < 1.29 is 0 Å². The van der Waals surface area contributed by atoms with E-state index >= 15 is 0 Å². The predicted molar refractivity (Wildman–Crippen MR) is 28.0 cm³/mol. The molecule has 0 nitrogen and oxygen atoms in total. The third kappa shape index (κ3) is 4.56. The first-order valence-corrected chi connectivity index (χ1v) is 4.72. The first-order chi connectivity index (χ1) is 2.41. The maximum Gasteiger partial charge on any atom is 0.380 e. The van der Waals surface area contributed by atoms with Crippen molar-refractivity contribution in [2.24, 2.45) is 0 Å². The molecule has 0 heterocycles. The Labute approximate surface area is 42.7 Å². The number of rotatable bonds is 2. The van der Waals surface area contributed by atoms with Crippen LogP contribution in [0.3, 0.4) is 0 Å². The largest absolute Gasteiger partial charge is 0.380 e. The zero-order chi connectivity index (χ0) is 4.12. The number of hydrogen-bond acceptors (Lipinski definition) is 0. The SMILES string of the molecule is C=C[CH2][AlH][Cl]. The van der Waals surface area contributed by atoms with E-state index in [4.69, 9.17) is 10.0 Å². The van der Waals surface area contributed by atoms with Crippen molar-refractivity contribution in [1.29, 1.82) is 0 Å². The Morgan fingerprint density at radius 1 is 2.00 bits per heavy atom. The normalized spacial score (nSPS) is 6.60. The second-order valence-corrected chi connectivity index (χ2v) is 2.86. The van der Waals surface area contributed by atoms with E-state index in [1.807, 2.05) is 6.08 Å². The third-order valence-corrected chi connectivity index (χ3v) is 1.59. The molecule has 0 saturated carbocycles. The molecular formula is C3H6AlCl. The fourth-order valence-corrected chi connectivity index (χ4v) is 0.694. The van der Waals surface area contributed by atoms with Crippen LogP contribution in [0, 0.1) is 0 Å². The number of hydrogen-bond donors (Lipinski definition) is 0. The van der Waals surface area contributed by atoms with Crippen LogP contribution in [0.1, 0.15) is 0 Å². The summed E-state index contributed by atoms with van der Waals surface area (Å²) in [4.78, 5) is 0. The molecule has 0 atom stereocenters. The maximum absolute atomic E-state index is 5.37. The summed E-state index contributed by atoms with van der Waals surface area (Å²) >= 11 is -0.232. The van der Waals surface area contributed by atoms with E-state index in [1.54, 1.807) is 0 Å². The van der Waals surface area contributed by atoms with Crippen molar-refractivity contribution in [3.63, 3.8) is 0 Å². The van der Waals surface area contributed by atoms with E-state index < -0.39 is 0 Å². The van der Waals surface area contributed by atoms with Crippen molar-refractivity contribution in [3.05, 3.63) is 12.7 Å². The van der Waals surface area contributed by atoms with Crippen LogP contribution in [0.5, 0.6) is 0 Å². The molecule has 0 aromatic heterocycles. The summed E-state index contributed by atoms with van der Waals surface area (Å²) in [6, 6.07) is 0. The second kappa shape index (κ2) is 4.56. The van der Waals surface area contributed by atoms with Crippen LogP contribution < -0.4 is 0 Å². The molecule has 0 N–H and O–H groups in total. The van der Waals surface area contributed by atoms with Gasteiger partial charge in [0.05, 0.1) is 0 Å². The molecule has 0 amide bonds. The molecule has 0 saturated heterocycles. The smallest absolute Gasteiger partial charge is 0.267 e. The summed E-state index contributed by atoms with van der Waals surface area (Å²) in [6.07, 6.45) is 1.86. The Morgan fingerprint density at radius 3 is 2.60 bits per heavy atom. The lowest BCUT2D eigenvalue weighted by Crippen LogP contribution is -1.64. The van der Waals surface area contributed by atoms with Crippen LogP contribution in [0.4, 0.5) is 0 Å². The molecule has 0 spiro atoms. The van der Waals surface area contributed by atoms with Gasteiger partial charge in [0.2, 0.25) is 0 Å². The van der Waals surface area contributed by atoms with Gasteiger partial charge in [0.1, 0.15) is 0 Å². The van der Waals surface area contributed by atoms with Crippen molar-refractivity contribution in [3.8, 4) is 0 Å². The molecule has 0 fully saturated rings. The molecule has 0 rings (SSSR count). The Morgan fingerprint density at radius 2 is 2.60 bits per heavy atom. The quantitative estimate of drug-likeness (QED) is 0.365. The average Bonchev–Trinajstić information content (AvgIpc) is 1.41. The van der Waals surface area contributed by atoms with E-state index in [2.05, 4.69) is 6.58 Å². The average molecular weight is 105 g/mol. The Bertz CT molecular complexity index is 28.1. The summed E-state index contributed by atoms with van der Waals surface area (Å²) in [6.45, 7) is 3.50. The molecule has 0 unspecified atom stereocenters. The minimum atomic E-state index is -0.232. The minimum Gasteiger partial charge on any atom is -0.267 e. The van der Waals surface area contributed by atoms with Crippen LogP contribution >= 0.6 is 10.0 Å². The van der Waals surface area contributed by atoms with Gasteiger partial charge in [0.15, 0.2) is 0 Å². The number of allylic oxidation sites excluding steroid dienone is 1. The third-order valence-electron chi connectivity index (χ3n) is 0.313. The Kier molecular flexibility index (Phi) is 5.08. The summed E-state index contributed by atoms with van der Waals surface area (Å²) in [7, 11) is 5.37. The standard InChI is InChI=1S/C3H5.Al.ClH.H/c1-3-2;;;/h3H,1-2H2;;1H;/q;+1;;/p-1. The monoisotopic (exact) mass is 104 g/mol. The van der Waals surface area contributed by atoms with Crippen molar-refractivity contribution in [2.75, 3.05) is 0 Å². The predicted octanol–water partition coefficient (Wildman–Crippen LogP) is 1.18. The molecule has 0 radical (unpaired) electrons. The first kappa shape index (κ1) is 5.56. The van der Waals surface area contributed by atoms with Gasteiger partial charge < -0.3 is 0 Å². The maximum atomic E-state index is 5.37. The van der Waals surface area contributed by atoms with Gasteiger partial charge in [0.25, 0.3) is 0 Å². The first-order valence-electron chi connectivity index (χ1n) is 1.58. The van der Waals surface area contributed by atoms with Crippen molar-refractivity contribution >= 4 is 24.3 Å². The van der Waals surface area contributed by atoms with Crippen LogP contribution in [0.15, 0.2) is 12.7 Å². The lowest BCUT2D eigenvalue weighted by molar-refractivity contribution is 1.75. The summed E-state index contributed by atoms with van der Waals surface area (Å²) in [5, 5.41) is 1.06. The van der Waals surface area contributed by atoms with E-state index in [9.17, 15) is 0 Å². The highest BCUT2D eigenvalue weighted by Crippen LogP contribution is 1.78. The molecule has 0 aliphatic carbocycles. The lowest BCUT2D eigenvalue weighted by Gasteiger charge is -1.65. The van der Waals surface area contributed by atoms with Crippen LogP contribution in [-0.4, -0.2) is 14.3 Å². The molecule has 0 aliphatic rings. The zero-order valence-electron chi connectivity index (χ0n) is 3.08. The highest BCUT2D eigenvalue weighted by molar-refractivity contribution is 6.93. The molecule has 0 bridgehead atoms. The fourth-order valence-electron chi connectivity index (χ4n) is 0.0772. The molecule has 0 aromatic carbocycles. The van der Waals surface area contributed by atoms with Gasteiger partial charge in [0, 0.05) is 0 Å². The van der Waals surface area contributed by atoms with Crippen LogP contribution in [-0.2, 0) is 0 Å². The second-order valence-electron chi connectivity index (χ2n) is 0.766. The number of halogens is 1. The zero-order valence-corrected chi connectivity index (χ0v) is 5.25. The topological polar surface area (TPSA) is 0 Å². The van der Waals surface area contributed by atoms with E-state index in [0.29, 0.717) is 0 Å². The molecule has 0 aromatic rings. The summed E-state index contributed by atoms with van der Waals surface area (Å²) in [5.74, 6) is 0. The van der Waals surface area contributed by atoms with Gasteiger partial charge in [-0.05, 0) is 0 Å². The summed E-state index contributed by atoms with van der Waals surface area (Å²) in [5.41, 5.74) is 0. The van der Waals surface area contributed by atoms with E-state index in [-0.39, 0.29) is 14.3 Å². The van der Waals surface area contributed by atoms with Gasteiger partial charge in [-0.1, -0.05) is 5.28 Å². The Hall–Kier alpha value is 0.562. The highest BCUT2D eigenvalue weighted by Gasteiger charge is 1.74. The van der Waals surface area contributed by atoms with Crippen LogP contribution in [0.25, 0.3) is 0 Å². The molecule has 0 aliphatic heterocycles. The van der Waals surface area contributed by atoms with Gasteiger partial charge in [-0.2, -0.15) is 0 Å². The fraction of sp³-hybridized carbons (Fsp3) is 0.333. The molecule has 5 heavy (non-hydrogen) atoms. The molecule has 2 heteroatoms. The van der Waals surface area contributed by atoms with E-state index in [0.717, 1.165) is 5.28 Å². The summed E-state index contributed by atoms with van der Waals surface area (Å²) < 4.78 is 0. The molecular weight excluding hydrogens is 98.5 g/mol.